The molecule has 0 saturated heterocycles. The summed E-state index contributed by atoms with van der Waals surface area (Å²) < 4.78 is 19.5. The highest BCUT2D eigenvalue weighted by atomic mass is 35.5. The van der Waals surface area contributed by atoms with E-state index in [1.807, 2.05) is 6.92 Å². The van der Waals surface area contributed by atoms with Gasteiger partial charge < -0.3 is 4.74 Å². The third kappa shape index (κ3) is 2.14. The Balaban J connectivity index is 2.37. The van der Waals surface area contributed by atoms with Crippen molar-refractivity contribution in [1.82, 2.24) is 9.71 Å². The maximum absolute atomic E-state index is 11.1. The van der Waals surface area contributed by atoms with Gasteiger partial charge in [0, 0.05) is 11.8 Å². The minimum atomic E-state index is -1.07. The zero-order valence-corrected chi connectivity index (χ0v) is 9.98. The first-order valence-corrected chi connectivity index (χ1v) is 6.41. The van der Waals surface area contributed by atoms with Crippen molar-refractivity contribution in [3.05, 3.63) is 22.5 Å². The van der Waals surface area contributed by atoms with Crippen molar-refractivity contribution in [2.24, 2.45) is 0 Å². The molecule has 4 nitrogen and oxygen atoms in total. The van der Waals surface area contributed by atoms with E-state index in [0.717, 1.165) is 17.0 Å². The molecule has 0 aromatic carbocycles. The second-order valence-electron chi connectivity index (χ2n) is 3.38. The summed E-state index contributed by atoms with van der Waals surface area (Å²) in [6.45, 7) is 2.31. The Morgan fingerprint density at radius 2 is 2.47 bits per heavy atom. The van der Waals surface area contributed by atoms with Crippen LogP contribution >= 0.6 is 11.6 Å². The second-order valence-corrected chi connectivity index (χ2v) is 4.92. The molecule has 0 spiro atoms. The number of nitrogens with one attached hydrogen (secondary N) is 1. The van der Waals surface area contributed by atoms with E-state index in [9.17, 15) is 4.21 Å². The first-order chi connectivity index (χ1) is 7.08. The Kier molecular flexibility index (Phi) is 2.95. The number of hydrogen-bond acceptors (Lipinski definition) is 3. The van der Waals surface area contributed by atoms with Gasteiger partial charge in [0.2, 0.25) is 0 Å². The van der Waals surface area contributed by atoms with Gasteiger partial charge in [0.05, 0.1) is 22.7 Å². The number of nitrogens with zero attached hydrogens (tertiary/aromatic N) is 1. The molecule has 0 bridgehead atoms. The molecular formula is C9H11ClN2O2S. The van der Waals surface area contributed by atoms with Gasteiger partial charge in [-0.05, 0) is 13.0 Å². The topological polar surface area (TPSA) is 51.2 Å². The summed E-state index contributed by atoms with van der Waals surface area (Å²) in [5, 5.41) is 0.436. The van der Waals surface area contributed by atoms with Gasteiger partial charge in [-0.15, -0.1) is 0 Å². The fourth-order valence-corrected chi connectivity index (χ4v) is 2.49. The molecule has 6 heteroatoms. The minimum Gasteiger partial charge on any atom is -0.489 e. The smallest absolute Gasteiger partial charge is 0.145 e. The van der Waals surface area contributed by atoms with Crippen LogP contribution in [0.1, 0.15) is 17.3 Å². The molecule has 1 N–H and O–H groups in total. The maximum atomic E-state index is 11.1. The average Bonchev–Trinajstić information content (AvgIpc) is 2.48. The predicted octanol–water partition coefficient (Wildman–Crippen LogP) is 1.36. The molecule has 2 rings (SSSR count). The molecule has 1 aliphatic rings. The second kappa shape index (κ2) is 4.08. The Morgan fingerprint density at radius 1 is 1.73 bits per heavy atom. The zero-order chi connectivity index (χ0) is 11.0. The minimum absolute atomic E-state index is 0.0648. The van der Waals surface area contributed by atoms with Crippen molar-refractivity contribution in [3.63, 3.8) is 0 Å². The third-order valence-electron chi connectivity index (χ3n) is 2.22. The number of halogens is 1. The molecule has 0 aliphatic carbocycles. The molecule has 2 unspecified atom stereocenters. The van der Waals surface area contributed by atoms with E-state index in [0.29, 0.717) is 11.8 Å². The maximum Gasteiger partial charge on any atom is 0.145 e. The zero-order valence-electron chi connectivity index (χ0n) is 8.41. The largest absolute Gasteiger partial charge is 0.489 e. The molecule has 1 aliphatic heterocycles. The van der Waals surface area contributed by atoms with Crippen LogP contribution in [0.15, 0.2) is 6.07 Å². The first-order valence-electron chi connectivity index (χ1n) is 4.47. The SMILES string of the molecule is Cc1nc(Cl)cc2c1OCC2NS(C)=O. The van der Waals surface area contributed by atoms with Crippen LogP contribution in [0, 0.1) is 6.92 Å². The summed E-state index contributed by atoms with van der Waals surface area (Å²) in [4.78, 5) is 4.10. The standard InChI is InChI=1S/C9H11ClN2O2S/c1-5-9-6(3-8(10)11-5)7(4-14-9)12-15(2)13/h3,7,12H,4H2,1-2H3. The Labute approximate surface area is 95.6 Å². The van der Waals surface area contributed by atoms with E-state index >= 15 is 0 Å². The summed E-state index contributed by atoms with van der Waals surface area (Å²) in [7, 11) is -1.07. The number of aryl methyl sites for hydroxylation is 1. The van der Waals surface area contributed by atoms with E-state index in [1.165, 1.54) is 0 Å². The van der Waals surface area contributed by atoms with Crippen LogP contribution in [0.5, 0.6) is 5.75 Å². The highest BCUT2D eigenvalue weighted by Crippen LogP contribution is 2.35. The van der Waals surface area contributed by atoms with Crippen LogP contribution in [0.3, 0.4) is 0 Å². The molecule has 2 atom stereocenters. The van der Waals surface area contributed by atoms with Gasteiger partial charge in [-0.1, -0.05) is 11.6 Å². The molecule has 0 fully saturated rings. The number of pyridine rings is 1. The molecule has 1 aromatic rings. The number of rotatable bonds is 2. The number of aromatic nitrogens is 1. The van der Waals surface area contributed by atoms with Crippen LogP contribution in [0.2, 0.25) is 5.15 Å². The quantitative estimate of drug-likeness (QED) is 0.802. The third-order valence-corrected chi connectivity index (χ3v) is 3.03. The molecule has 1 aromatic heterocycles. The molecule has 15 heavy (non-hydrogen) atoms. The molecule has 0 saturated carbocycles. The van der Waals surface area contributed by atoms with Crippen molar-refractivity contribution < 1.29 is 8.95 Å². The molecule has 0 radical (unpaired) electrons. The highest BCUT2D eigenvalue weighted by molar-refractivity contribution is 7.82. The number of hydrogen-bond donors (Lipinski definition) is 1. The lowest BCUT2D eigenvalue weighted by molar-refractivity contribution is 0.324. The van der Waals surface area contributed by atoms with Crippen molar-refractivity contribution in [2.75, 3.05) is 12.9 Å². The Morgan fingerprint density at radius 3 is 3.13 bits per heavy atom. The van der Waals surface area contributed by atoms with Crippen molar-refractivity contribution in [3.8, 4) is 5.75 Å². The van der Waals surface area contributed by atoms with Crippen LogP contribution in [0.4, 0.5) is 0 Å². The lowest BCUT2D eigenvalue weighted by Crippen LogP contribution is -2.23. The van der Waals surface area contributed by atoms with Gasteiger partial charge in [0.25, 0.3) is 0 Å². The fraction of sp³-hybridized carbons (Fsp3) is 0.444. The average molecular weight is 247 g/mol. The normalized spacial score (nSPS) is 20.9. The van der Waals surface area contributed by atoms with Gasteiger partial charge in [-0.3, -0.25) is 0 Å². The van der Waals surface area contributed by atoms with Crippen LogP contribution in [0.25, 0.3) is 0 Å². The lowest BCUT2D eigenvalue weighted by atomic mass is 10.1. The summed E-state index contributed by atoms with van der Waals surface area (Å²) in [6, 6.07) is 1.69. The monoisotopic (exact) mass is 246 g/mol. The van der Waals surface area contributed by atoms with E-state index in [4.69, 9.17) is 16.3 Å². The van der Waals surface area contributed by atoms with E-state index < -0.39 is 11.0 Å². The molecule has 2 heterocycles. The Bertz CT molecular complexity index is 425. The van der Waals surface area contributed by atoms with Gasteiger partial charge >= 0.3 is 0 Å². The van der Waals surface area contributed by atoms with Crippen LogP contribution in [-0.4, -0.2) is 22.1 Å². The van der Waals surface area contributed by atoms with Crippen molar-refractivity contribution in [1.29, 1.82) is 0 Å². The van der Waals surface area contributed by atoms with Gasteiger partial charge in [-0.25, -0.2) is 13.9 Å². The fourth-order valence-electron chi connectivity index (χ4n) is 1.65. The number of fused-ring (bicyclic) bond motifs is 1. The molecule has 82 valence electrons. The highest BCUT2D eigenvalue weighted by Gasteiger charge is 2.27. The summed E-state index contributed by atoms with van der Waals surface area (Å²) in [5.74, 6) is 0.752. The molecular weight excluding hydrogens is 236 g/mol. The van der Waals surface area contributed by atoms with Crippen molar-refractivity contribution >= 4 is 22.6 Å². The van der Waals surface area contributed by atoms with E-state index in [2.05, 4.69) is 9.71 Å². The van der Waals surface area contributed by atoms with Crippen LogP contribution < -0.4 is 9.46 Å². The van der Waals surface area contributed by atoms with Crippen LogP contribution in [-0.2, 0) is 11.0 Å². The van der Waals surface area contributed by atoms with Gasteiger partial charge in [0.1, 0.15) is 17.5 Å². The van der Waals surface area contributed by atoms with E-state index in [1.54, 1.807) is 12.3 Å². The Hall–Kier alpha value is -0.650. The predicted molar refractivity (Wildman–Crippen MR) is 59.4 cm³/mol. The summed E-state index contributed by atoms with van der Waals surface area (Å²) >= 11 is 5.86. The molecule has 0 amide bonds. The van der Waals surface area contributed by atoms with Crippen molar-refractivity contribution in [2.45, 2.75) is 13.0 Å². The van der Waals surface area contributed by atoms with Gasteiger partial charge in [-0.2, -0.15) is 0 Å². The van der Waals surface area contributed by atoms with E-state index in [-0.39, 0.29) is 6.04 Å². The van der Waals surface area contributed by atoms with Gasteiger partial charge in [0.15, 0.2) is 0 Å². The first kappa shape index (κ1) is 10.9. The lowest BCUT2D eigenvalue weighted by Gasteiger charge is -2.08. The summed E-state index contributed by atoms with van der Waals surface area (Å²) in [5.41, 5.74) is 1.70. The number of ether oxygens (including phenoxy) is 1. The summed E-state index contributed by atoms with van der Waals surface area (Å²) in [6.07, 6.45) is 1.59.